The summed E-state index contributed by atoms with van der Waals surface area (Å²) in [5.41, 5.74) is 6.98. The molecule has 1 rings (SSSR count). The Morgan fingerprint density at radius 1 is 1.20 bits per heavy atom. The summed E-state index contributed by atoms with van der Waals surface area (Å²) in [4.78, 5) is 0. The van der Waals surface area contributed by atoms with E-state index in [4.69, 9.17) is 5.73 Å². The maximum atomic E-state index is 10.4. The molecule has 0 aliphatic rings. The molecule has 3 N–H and O–H groups in total. The van der Waals surface area contributed by atoms with E-state index in [0.29, 0.717) is 6.54 Å². The fraction of sp³-hybridized carbons (Fsp3) is 0.538. The predicted octanol–water partition coefficient (Wildman–Crippen LogP) is 2.54. The highest BCUT2D eigenvalue weighted by Gasteiger charge is 2.25. The molecule has 0 aliphatic carbocycles. The third-order valence-corrected chi connectivity index (χ3v) is 2.98. The summed E-state index contributed by atoms with van der Waals surface area (Å²) in [6.45, 7) is 4.67. The van der Waals surface area contributed by atoms with Crippen LogP contribution in [0.1, 0.15) is 44.2 Å². The average molecular weight is 207 g/mol. The van der Waals surface area contributed by atoms with Crippen molar-refractivity contribution < 1.29 is 5.11 Å². The van der Waals surface area contributed by atoms with Crippen LogP contribution >= 0.6 is 0 Å². The van der Waals surface area contributed by atoms with Crippen LogP contribution in [0, 0.1) is 0 Å². The van der Waals surface area contributed by atoms with Crippen LogP contribution in [0.2, 0.25) is 0 Å². The Morgan fingerprint density at radius 3 is 2.20 bits per heavy atom. The van der Waals surface area contributed by atoms with Gasteiger partial charge in [0.05, 0.1) is 5.60 Å². The third kappa shape index (κ3) is 2.80. The molecule has 1 unspecified atom stereocenters. The highest BCUT2D eigenvalue weighted by molar-refractivity contribution is 5.27. The standard InChI is InChI=1S/C13H21NO/c1-3-9-13(15,4-2)12-7-5-11(10-14)6-8-12/h5-8,15H,3-4,9-10,14H2,1-2H3. The molecular weight excluding hydrogens is 186 g/mol. The molecule has 0 spiro atoms. The molecule has 1 aromatic rings. The van der Waals surface area contributed by atoms with E-state index in [2.05, 4.69) is 6.92 Å². The van der Waals surface area contributed by atoms with Crippen molar-refractivity contribution in [1.82, 2.24) is 0 Å². The van der Waals surface area contributed by atoms with Crippen LogP contribution < -0.4 is 5.73 Å². The highest BCUT2D eigenvalue weighted by atomic mass is 16.3. The maximum Gasteiger partial charge on any atom is 0.0893 e. The van der Waals surface area contributed by atoms with Gasteiger partial charge in [0.2, 0.25) is 0 Å². The van der Waals surface area contributed by atoms with Crippen molar-refractivity contribution in [2.24, 2.45) is 5.73 Å². The molecule has 84 valence electrons. The molecule has 0 heterocycles. The van der Waals surface area contributed by atoms with E-state index in [0.717, 1.165) is 30.4 Å². The zero-order valence-corrected chi connectivity index (χ0v) is 9.66. The number of rotatable bonds is 5. The first-order valence-electron chi connectivity index (χ1n) is 5.68. The van der Waals surface area contributed by atoms with E-state index in [9.17, 15) is 5.11 Å². The largest absolute Gasteiger partial charge is 0.385 e. The monoisotopic (exact) mass is 207 g/mol. The topological polar surface area (TPSA) is 46.2 Å². The van der Waals surface area contributed by atoms with Crippen LogP contribution in [0.4, 0.5) is 0 Å². The first-order valence-corrected chi connectivity index (χ1v) is 5.68. The van der Waals surface area contributed by atoms with Gasteiger partial charge in [-0.05, 0) is 24.0 Å². The lowest BCUT2D eigenvalue weighted by molar-refractivity contribution is 0.0226. The van der Waals surface area contributed by atoms with Gasteiger partial charge < -0.3 is 10.8 Å². The molecule has 0 amide bonds. The Labute approximate surface area is 92.1 Å². The number of nitrogens with two attached hydrogens (primary N) is 1. The Balaban J connectivity index is 2.92. The van der Waals surface area contributed by atoms with Crippen LogP contribution in [0.15, 0.2) is 24.3 Å². The van der Waals surface area contributed by atoms with E-state index in [1.165, 1.54) is 0 Å². The van der Waals surface area contributed by atoms with Crippen molar-refractivity contribution in [3.8, 4) is 0 Å². The Hall–Kier alpha value is -0.860. The van der Waals surface area contributed by atoms with Gasteiger partial charge in [0, 0.05) is 6.54 Å². The lowest BCUT2D eigenvalue weighted by Crippen LogP contribution is -2.24. The van der Waals surface area contributed by atoms with E-state index in [1.54, 1.807) is 0 Å². The molecule has 0 aromatic heterocycles. The van der Waals surface area contributed by atoms with Crippen molar-refractivity contribution in [3.05, 3.63) is 35.4 Å². The summed E-state index contributed by atoms with van der Waals surface area (Å²) >= 11 is 0. The summed E-state index contributed by atoms with van der Waals surface area (Å²) in [6, 6.07) is 7.96. The van der Waals surface area contributed by atoms with Gasteiger partial charge in [-0.1, -0.05) is 44.5 Å². The van der Waals surface area contributed by atoms with Gasteiger partial charge in [0.25, 0.3) is 0 Å². The Morgan fingerprint density at radius 2 is 1.80 bits per heavy atom. The molecule has 15 heavy (non-hydrogen) atoms. The van der Waals surface area contributed by atoms with Gasteiger partial charge in [-0.3, -0.25) is 0 Å². The summed E-state index contributed by atoms with van der Waals surface area (Å²) in [6.07, 6.45) is 2.55. The van der Waals surface area contributed by atoms with E-state index >= 15 is 0 Å². The fourth-order valence-corrected chi connectivity index (χ4v) is 1.89. The zero-order valence-electron chi connectivity index (χ0n) is 9.66. The summed E-state index contributed by atoms with van der Waals surface area (Å²) in [5, 5.41) is 10.4. The molecule has 0 bridgehead atoms. The molecule has 0 saturated carbocycles. The second-order valence-electron chi connectivity index (χ2n) is 4.04. The smallest absolute Gasteiger partial charge is 0.0893 e. The Bertz CT molecular complexity index is 294. The molecule has 2 nitrogen and oxygen atoms in total. The predicted molar refractivity (Wildman–Crippen MR) is 63.4 cm³/mol. The van der Waals surface area contributed by atoms with Crippen molar-refractivity contribution in [2.75, 3.05) is 0 Å². The van der Waals surface area contributed by atoms with Gasteiger partial charge in [-0.25, -0.2) is 0 Å². The lowest BCUT2D eigenvalue weighted by atomic mass is 9.86. The molecule has 1 atom stereocenters. The lowest BCUT2D eigenvalue weighted by Gasteiger charge is -2.27. The van der Waals surface area contributed by atoms with Crippen molar-refractivity contribution >= 4 is 0 Å². The van der Waals surface area contributed by atoms with Crippen LogP contribution in [0.25, 0.3) is 0 Å². The van der Waals surface area contributed by atoms with E-state index < -0.39 is 5.60 Å². The number of benzene rings is 1. The van der Waals surface area contributed by atoms with Crippen LogP contribution in [-0.2, 0) is 12.1 Å². The van der Waals surface area contributed by atoms with Crippen molar-refractivity contribution in [3.63, 3.8) is 0 Å². The quantitative estimate of drug-likeness (QED) is 0.779. The minimum atomic E-state index is -0.665. The summed E-state index contributed by atoms with van der Waals surface area (Å²) < 4.78 is 0. The van der Waals surface area contributed by atoms with E-state index in [-0.39, 0.29) is 0 Å². The fourth-order valence-electron chi connectivity index (χ4n) is 1.89. The molecule has 0 saturated heterocycles. The highest BCUT2D eigenvalue weighted by Crippen LogP contribution is 2.29. The van der Waals surface area contributed by atoms with Gasteiger partial charge in [-0.2, -0.15) is 0 Å². The minimum absolute atomic E-state index is 0.554. The first kappa shape index (κ1) is 12.2. The SMILES string of the molecule is CCCC(O)(CC)c1ccc(CN)cc1. The maximum absolute atomic E-state index is 10.4. The average Bonchev–Trinajstić information content (AvgIpc) is 2.29. The summed E-state index contributed by atoms with van der Waals surface area (Å²) in [7, 11) is 0. The van der Waals surface area contributed by atoms with Gasteiger partial charge in [-0.15, -0.1) is 0 Å². The molecule has 0 fully saturated rings. The van der Waals surface area contributed by atoms with Gasteiger partial charge in [0.1, 0.15) is 0 Å². The van der Waals surface area contributed by atoms with E-state index in [1.807, 2.05) is 31.2 Å². The van der Waals surface area contributed by atoms with Gasteiger partial charge >= 0.3 is 0 Å². The second-order valence-corrected chi connectivity index (χ2v) is 4.04. The number of hydrogen-bond acceptors (Lipinski definition) is 2. The molecule has 0 radical (unpaired) electrons. The van der Waals surface area contributed by atoms with Crippen molar-refractivity contribution in [1.29, 1.82) is 0 Å². The van der Waals surface area contributed by atoms with Gasteiger partial charge in [0.15, 0.2) is 0 Å². The molecule has 1 aromatic carbocycles. The van der Waals surface area contributed by atoms with Crippen LogP contribution in [0.5, 0.6) is 0 Å². The zero-order chi connectivity index (χ0) is 11.3. The normalized spacial score (nSPS) is 14.9. The van der Waals surface area contributed by atoms with Crippen LogP contribution in [0.3, 0.4) is 0 Å². The minimum Gasteiger partial charge on any atom is -0.385 e. The van der Waals surface area contributed by atoms with Crippen molar-refractivity contribution in [2.45, 2.75) is 45.3 Å². The second kappa shape index (κ2) is 5.29. The molecular formula is C13H21NO. The summed E-state index contributed by atoms with van der Waals surface area (Å²) in [5.74, 6) is 0. The molecule has 0 aliphatic heterocycles. The number of hydrogen-bond donors (Lipinski definition) is 2. The van der Waals surface area contributed by atoms with Crippen LogP contribution in [-0.4, -0.2) is 5.11 Å². The third-order valence-electron chi connectivity index (χ3n) is 2.98. The molecule has 2 heteroatoms. The number of aliphatic hydroxyl groups is 1. The first-order chi connectivity index (χ1) is 7.16. The Kier molecular flexibility index (Phi) is 4.30.